The summed E-state index contributed by atoms with van der Waals surface area (Å²) in [6, 6.07) is 0. The van der Waals surface area contributed by atoms with E-state index in [2.05, 4.69) is 6.92 Å². The van der Waals surface area contributed by atoms with Crippen LogP contribution in [0.1, 0.15) is 117 Å². The van der Waals surface area contributed by atoms with E-state index in [9.17, 15) is 19.5 Å². The van der Waals surface area contributed by atoms with Gasteiger partial charge in [-0.1, -0.05) is 84.0 Å². The Morgan fingerprint density at radius 1 is 0.633 bits per heavy atom. The number of hydrogen-bond donors (Lipinski definition) is 1. The quantitative estimate of drug-likeness (QED) is 0.197. The molecule has 0 aromatic carbocycles. The standard InChI is InChI=1S/C24H44O6/c1-3-4-5-6-7-8-9-10-11-12-13-14-15-16-23(27)29-19-22(26)20-30-24(28)18-17-21(2)25/h22,26H,3-20H2,1-2H3. The third-order valence-corrected chi connectivity index (χ3v) is 5.04. The average molecular weight is 429 g/mol. The monoisotopic (exact) mass is 428 g/mol. The zero-order valence-corrected chi connectivity index (χ0v) is 19.3. The van der Waals surface area contributed by atoms with Crippen molar-refractivity contribution < 1.29 is 29.0 Å². The van der Waals surface area contributed by atoms with Gasteiger partial charge in [0.2, 0.25) is 0 Å². The lowest BCUT2D eigenvalue weighted by molar-refractivity contribution is -0.152. The summed E-state index contributed by atoms with van der Waals surface area (Å²) in [5, 5.41) is 9.69. The summed E-state index contributed by atoms with van der Waals surface area (Å²) in [5.74, 6) is -0.961. The lowest BCUT2D eigenvalue weighted by atomic mass is 10.0. The van der Waals surface area contributed by atoms with Crippen LogP contribution in [0.3, 0.4) is 0 Å². The molecule has 0 aromatic heterocycles. The number of aliphatic hydroxyl groups is 1. The van der Waals surface area contributed by atoms with E-state index in [-0.39, 0.29) is 37.8 Å². The van der Waals surface area contributed by atoms with Crippen LogP contribution in [0.15, 0.2) is 0 Å². The van der Waals surface area contributed by atoms with E-state index < -0.39 is 12.1 Å². The second kappa shape index (κ2) is 20.8. The first-order valence-electron chi connectivity index (χ1n) is 11.9. The fraction of sp³-hybridized carbons (Fsp3) is 0.875. The molecule has 0 fully saturated rings. The summed E-state index contributed by atoms with van der Waals surface area (Å²) < 4.78 is 9.84. The maximum atomic E-state index is 11.7. The number of ketones is 1. The van der Waals surface area contributed by atoms with Crippen LogP contribution < -0.4 is 0 Å². The van der Waals surface area contributed by atoms with Gasteiger partial charge in [0.1, 0.15) is 25.1 Å². The van der Waals surface area contributed by atoms with Gasteiger partial charge in [-0.05, 0) is 13.3 Å². The molecule has 6 nitrogen and oxygen atoms in total. The molecule has 0 aliphatic rings. The zero-order valence-electron chi connectivity index (χ0n) is 19.3. The van der Waals surface area contributed by atoms with Gasteiger partial charge >= 0.3 is 11.9 Å². The van der Waals surface area contributed by atoms with Crippen molar-refractivity contribution in [3.8, 4) is 0 Å². The van der Waals surface area contributed by atoms with E-state index in [0.29, 0.717) is 6.42 Å². The Balaban J connectivity index is 3.41. The molecule has 176 valence electrons. The van der Waals surface area contributed by atoms with Crippen molar-refractivity contribution >= 4 is 17.7 Å². The third kappa shape index (κ3) is 21.3. The van der Waals surface area contributed by atoms with E-state index in [0.717, 1.165) is 19.3 Å². The second-order valence-electron chi connectivity index (χ2n) is 8.21. The number of esters is 2. The van der Waals surface area contributed by atoms with Crippen LogP contribution in [0.5, 0.6) is 0 Å². The molecule has 0 saturated carbocycles. The molecule has 0 rings (SSSR count). The Hall–Kier alpha value is -1.43. The Labute approximate surface area is 183 Å². The molecular weight excluding hydrogens is 384 g/mol. The normalized spacial score (nSPS) is 11.8. The minimum absolute atomic E-state index is 0.000881. The summed E-state index contributed by atoms with van der Waals surface area (Å²) >= 11 is 0. The fourth-order valence-corrected chi connectivity index (χ4v) is 3.14. The maximum Gasteiger partial charge on any atom is 0.306 e. The number of unbranched alkanes of at least 4 members (excludes halogenated alkanes) is 12. The minimum atomic E-state index is -1.04. The zero-order chi connectivity index (χ0) is 22.5. The van der Waals surface area contributed by atoms with E-state index >= 15 is 0 Å². The van der Waals surface area contributed by atoms with Crippen LogP contribution in [0, 0.1) is 0 Å². The molecule has 30 heavy (non-hydrogen) atoms. The van der Waals surface area contributed by atoms with Crippen LogP contribution in [0.25, 0.3) is 0 Å². The largest absolute Gasteiger partial charge is 0.463 e. The maximum absolute atomic E-state index is 11.7. The Morgan fingerprint density at radius 3 is 1.47 bits per heavy atom. The molecule has 1 unspecified atom stereocenters. The van der Waals surface area contributed by atoms with E-state index in [1.165, 1.54) is 71.1 Å². The number of Topliss-reactive ketones (excluding diaryl/α,β-unsaturated/α-hetero) is 1. The highest BCUT2D eigenvalue weighted by Gasteiger charge is 2.12. The van der Waals surface area contributed by atoms with E-state index in [1.54, 1.807) is 0 Å². The number of carbonyl (C=O) groups excluding carboxylic acids is 3. The first kappa shape index (κ1) is 28.6. The van der Waals surface area contributed by atoms with Gasteiger partial charge in [-0.25, -0.2) is 0 Å². The number of ether oxygens (including phenoxy) is 2. The fourth-order valence-electron chi connectivity index (χ4n) is 3.14. The van der Waals surface area contributed by atoms with Crippen molar-refractivity contribution in [3.05, 3.63) is 0 Å². The van der Waals surface area contributed by atoms with Crippen molar-refractivity contribution in [3.63, 3.8) is 0 Å². The Morgan fingerprint density at radius 2 is 1.03 bits per heavy atom. The van der Waals surface area contributed by atoms with E-state index in [4.69, 9.17) is 9.47 Å². The van der Waals surface area contributed by atoms with Crippen LogP contribution >= 0.6 is 0 Å². The smallest absolute Gasteiger partial charge is 0.306 e. The predicted molar refractivity (Wildman–Crippen MR) is 118 cm³/mol. The number of rotatable bonds is 21. The molecule has 6 heteroatoms. The molecule has 0 aliphatic heterocycles. The first-order valence-corrected chi connectivity index (χ1v) is 11.9. The minimum Gasteiger partial charge on any atom is -0.463 e. The van der Waals surface area contributed by atoms with Gasteiger partial charge < -0.3 is 19.4 Å². The second-order valence-corrected chi connectivity index (χ2v) is 8.21. The lowest BCUT2D eigenvalue weighted by Gasteiger charge is -2.12. The van der Waals surface area contributed by atoms with Crippen molar-refractivity contribution in [2.24, 2.45) is 0 Å². The highest BCUT2D eigenvalue weighted by atomic mass is 16.6. The van der Waals surface area contributed by atoms with Gasteiger partial charge in [-0.15, -0.1) is 0 Å². The third-order valence-electron chi connectivity index (χ3n) is 5.04. The topological polar surface area (TPSA) is 89.9 Å². The molecule has 0 radical (unpaired) electrons. The van der Waals surface area contributed by atoms with Crippen LogP contribution in [-0.4, -0.2) is 42.1 Å². The van der Waals surface area contributed by atoms with Crippen molar-refractivity contribution in [2.75, 3.05) is 13.2 Å². The first-order chi connectivity index (χ1) is 14.5. The van der Waals surface area contributed by atoms with Crippen molar-refractivity contribution in [1.29, 1.82) is 0 Å². The molecule has 0 aromatic rings. The van der Waals surface area contributed by atoms with Crippen LogP contribution in [0.2, 0.25) is 0 Å². The van der Waals surface area contributed by atoms with Gasteiger partial charge in [0, 0.05) is 12.8 Å². The van der Waals surface area contributed by atoms with Gasteiger partial charge in [0.25, 0.3) is 0 Å². The van der Waals surface area contributed by atoms with Gasteiger partial charge in [-0.2, -0.15) is 0 Å². The summed E-state index contributed by atoms with van der Waals surface area (Å²) in [4.78, 5) is 33.8. The molecule has 0 amide bonds. The van der Waals surface area contributed by atoms with Gasteiger partial charge in [-0.3, -0.25) is 9.59 Å². The lowest BCUT2D eigenvalue weighted by Crippen LogP contribution is -2.25. The Kier molecular flexibility index (Phi) is 19.8. The average Bonchev–Trinajstić information content (AvgIpc) is 2.72. The van der Waals surface area contributed by atoms with Gasteiger partial charge in [0.15, 0.2) is 0 Å². The molecule has 0 bridgehead atoms. The molecular formula is C24H44O6. The summed E-state index contributed by atoms with van der Waals surface area (Å²) in [6.45, 7) is 3.23. The molecule has 0 aliphatic carbocycles. The SMILES string of the molecule is CCCCCCCCCCCCCCCC(=O)OCC(O)COC(=O)CCC(C)=O. The number of aliphatic hydroxyl groups excluding tert-OH is 1. The molecule has 0 spiro atoms. The molecule has 0 heterocycles. The molecule has 1 N–H and O–H groups in total. The molecule has 0 saturated heterocycles. The van der Waals surface area contributed by atoms with Crippen LogP contribution in [-0.2, 0) is 23.9 Å². The van der Waals surface area contributed by atoms with Crippen LogP contribution in [0.4, 0.5) is 0 Å². The summed E-state index contributed by atoms with van der Waals surface area (Å²) in [6.07, 6.45) is 15.7. The van der Waals surface area contributed by atoms with Gasteiger partial charge in [0.05, 0.1) is 6.42 Å². The predicted octanol–water partition coefficient (Wildman–Crippen LogP) is 5.28. The summed E-state index contributed by atoms with van der Waals surface area (Å²) in [7, 11) is 0. The number of carbonyl (C=O) groups is 3. The molecule has 1 atom stereocenters. The van der Waals surface area contributed by atoms with E-state index in [1.807, 2.05) is 0 Å². The number of hydrogen-bond acceptors (Lipinski definition) is 6. The van der Waals surface area contributed by atoms with Crippen molar-refractivity contribution in [1.82, 2.24) is 0 Å². The Bertz CT molecular complexity index is 449. The highest BCUT2D eigenvalue weighted by molar-refractivity contribution is 5.80. The van der Waals surface area contributed by atoms with Crippen molar-refractivity contribution in [2.45, 2.75) is 123 Å². The highest BCUT2D eigenvalue weighted by Crippen LogP contribution is 2.13. The summed E-state index contributed by atoms with van der Waals surface area (Å²) in [5.41, 5.74) is 0.